The van der Waals surface area contributed by atoms with E-state index in [1.807, 2.05) is 24.4 Å². The van der Waals surface area contributed by atoms with Gasteiger partial charge < -0.3 is 15.0 Å². The highest BCUT2D eigenvalue weighted by Gasteiger charge is 2.16. The van der Waals surface area contributed by atoms with Gasteiger partial charge in [0, 0.05) is 38.2 Å². The number of nitrogens with one attached hydrogen (secondary N) is 1. The summed E-state index contributed by atoms with van der Waals surface area (Å²) in [6, 6.07) is 6.12. The summed E-state index contributed by atoms with van der Waals surface area (Å²) < 4.78 is 7.02. The zero-order valence-corrected chi connectivity index (χ0v) is 16.0. The first-order valence-electron chi connectivity index (χ1n) is 9.56. The quantitative estimate of drug-likeness (QED) is 0.697. The molecule has 146 valence electrons. The second-order valence-electron chi connectivity index (χ2n) is 6.67. The summed E-state index contributed by atoms with van der Waals surface area (Å²) in [4.78, 5) is 20.0. The Balaban J connectivity index is 1.50. The van der Waals surface area contributed by atoms with Crippen molar-refractivity contribution < 1.29 is 4.74 Å². The lowest BCUT2D eigenvalue weighted by atomic mass is 10.2. The van der Waals surface area contributed by atoms with Crippen molar-refractivity contribution in [1.82, 2.24) is 29.7 Å². The number of aromatic nitrogens is 6. The zero-order chi connectivity index (χ0) is 19.2. The van der Waals surface area contributed by atoms with Crippen LogP contribution in [0.5, 0.6) is 6.01 Å². The van der Waals surface area contributed by atoms with E-state index in [0.717, 1.165) is 37.3 Å². The summed E-state index contributed by atoms with van der Waals surface area (Å²) in [7, 11) is 1.57. The Morgan fingerprint density at radius 1 is 1.07 bits per heavy atom. The number of anilines is 2. The highest BCUT2D eigenvalue weighted by atomic mass is 16.5. The molecule has 1 aliphatic rings. The molecule has 4 heterocycles. The molecule has 0 spiro atoms. The third-order valence-electron chi connectivity index (χ3n) is 4.67. The Morgan fingerprint density at radius 3 is 2.68 bits per heavy atom. The first-order chi connectivity index (χ1) is 13.8. The van der Waals surface area contributed by atoms with Crippen LogP contribution in [0.2, 0.25) is 0 Å². The standard InChI is InChI=1S/C19H24N8O/c1-28-19-24-17(23-18(25-19)26-10-4-2-3-5-11-26)21-14-15-7-9-20-16(13-15)27-12-6-8-22-27/h6-9,12-13H,2-5,10-11,14H2,1H3,(H,21,23,24,25). The molecule has 1 fully saturated rings. The predicted octanol–water partition coefficient (Wildman–Crippen LogP) is 2.45. The molecule has 9 heteroatoms. The van der Waals surface area contributed by atoms with E-state index in [4.69, 9.17) is 4.74 Å². The molecule has 0 amide bonds. The van der Waals surface area contributed by atoms with Gasteiger partial charge in [-0.25, -0.2) is 9.67 Å². The highest BCUT2D eigenvalue weighted by molar-refractivity contribution is 5.39. The number of hydrogen-bond acceptors (Lipinski definition) is 8. The molecule has 0 aliphatic carbocycles. The molecule has 0 bridgehead atoms. The number of ether oxygens (including phenoxy) is 1. The summed E-state index contributed by atoms with van der Waals surface area (Å²) in [6.45, 7) is 2.48. The summed E-state index contributed by atoms with van der Waals surface area (Å²) in [6.07, 6.45) is 10.2. The molecule has 0 aromatic carbocycles. The van der Waals surface area contributed by atoms with E-state index in [2.05, 4.69) is 35.3 Å². The van der Waals surface area contributed by atoms with Crippen LogP contribution in [0.4, 0.5) is 11.9 Å². The Morgan fingerprint density at radius 2 is 1.93 bits per heavy atom. The van der Waals surface area contributed by atoms with E-state index in [-0.39, 0.29) is 0 Å². The minimum Gasteiger partial charge on any atom is -0.467 e. The van der Waals surface area contributed by atoms with Gasteiger partial charge in [-0.2, -0.15) is 20.1 Å². The van der Waals surface area contributed by atoms with Crippen molar-refractivity contribution in [2.45, 2.75) is 32.2 Å². The molecule has 0 radical (unpaired) electrons. The van der Waals surface area contributed by atoms with Gasteiger partial charge in [0.05, 0.1) is 7.11 Å². The molecule has 3 aromatic rings. The van der Waals surface area contributed by atoms with Crippen LogP contribution in [0.3, 0.4) is 0 Å². The molecular weight excluding hydrogens is 356 g/mol. The van der Waals surface area contributed by atoms with E-state index >= 15 is 0 Å². The van der Waals surface area contributed by atoms with Crippen molar-refractivity contribution in [3.05, 3.63) is 42.4 Å². The van der Waals surface area contributed by atoms with Crippen molar-refractivity contribution in [3.63, 3.8) is 0 Å². The summed E-state index contributed by atoms with van der Waals surface area (Å²) in [5.74, 6) is 1.94. The zero-order valence-electron chi connectivity index (χ0n) is 16.0. The molecule has 1 saturated heterocycles. The first-order valence-corrected chi connectivity index (χ1v) is 9.56. The maximum atomic E-state index is 5.29. The predicted molar refractivity (Wildman–Crippen MR) is 106 cm³/mol. The molecule has 3 aromatic heterocycles. The minimum absolute atomic E-state index is 0.323. The molecule has 9 nitrogen and oxygen atoms in total. The third kappa shape index (κ3) is 4.36. The normalized spacial score (nSPS) is 14.5. The van der Waals surface area contributed by atoms with Gasteiger partial charge >= 0.3 is 6.01 Å². The van der Waals surface area contributed by atoms with Crippen LogP contribution >= 0.6 is 0 Å². The average molecular weight is 380 g/mol. The fraction of sp³-hybridized carbons (Fsp3) is 0.421. The lowest BCUT2D eigenvalue weighted by Crippen LogP contribution is -2.26. The summed E-state index contributed by atoms with van der Waals surface area (Å²) in [5.41, 5.74) is 1.05. The van der Waals surface area contributed by atoms with Crippen LogP contribution in [-0.4, -0.2) is 49.9 Å². The van der Waals surface area contributed by atoms with Gasteiger partial charge in [0.1, 0.15) is 0 Å². The maximum Gasteiger partial charge on any atom is 0.322 e. The molecule has 0 saturated carbocycles. The largest absolute Gasteiger partial charge is 0.467 e. The second-order valence-corrected chi connectivity index (χ2v) is 6.67. The number of pyridine rings is 1. The lowest BCUT2D eigenvalue weighted by molar-refractivity contribution is 0.378. The topological polar surface area (TPSA) is 93.9 Å². The van der Waals surface area contributed by atoms with Gasteiger partial charge in [-0.05, 0) is 36.6 Å². The molecule has 0 atom stereocenters. The van der Waals surface area contributed by atoms with Crippen LogP contribution in [0.15, 0.2) is 36.8 Å². The van der Waals surface area contributed by atoms with E-state index in [9.17, 15) is 0 Å². The Labute approximate surface area is 163 Å². The molecule has 28 heavy (non-hydrogen) atoms. The van der Waals surface area contributed by atoms with E-state index < -0.39 is 0 Å². The van der Waals surface area contributed by atoms with Crippen LogP contribution < -0.4 is 15.0 Å². The van der Waals surface area contributed by atoms with Crippen LogP contribution in [0.1, 0.15) is 31.2 Å². The van der Waals surface area contributed by atoms with Gasteiger partial charge in [-0.15, -0.1) is 0 Å². The van der Waals surface area contributed by atoms with Crippen molar-refractivity contribution in [3.8, 4) is 11.8 Å². The van der Waals surface area contributed by atoms with Crippen LogP contribution in [0, 0.1) is 0 Å². The molecule has 1 aliphatic heterocycles. The molecule has 1 N–H and O–H groups in total. The van der Waals surface area contributed by atoms with Gasteiger partial charge in [0.2, 0.25) is 11.9 Å². The maximum absolute atomic E-state index is 5.29. The van der Waals surface area contributed by atoms with Crippen molar-refractivity contribution in [1.29, 1.82) is 0 Å². The molecular formula is C19H24N8O. The smallest absolute Gasteiger partial charge is 0.322 e. The highest BCUT2D eigenvalue weighted by Crippen LogP contribution is 2.19. The third-order valence-corrected chi connectivity index (χ3v) is 4.67. The fourth-order valence-electron chi connectivity index (χ4n) is 3.21. The van der Waals surface area contributed by atoms with Crippen LogP contribution in [-0.2, 0) is 6.54 Å². The summed E-state index contributed by atoms with van der Waals surface area (Å²) >= 11 is 0. The minimum atomic E-state index is 0.323. The number of rotatable bonds is 6. The van der Waals surface area contributed by atoms with E-state index in [0.29, 0.717) is 24.5 Å². The lowest BCUT2D eigenvalue weighted by Gasteiger charge is -2.20. The van der Waals surface area contributed by atoms with Crippen molar-refractivity contribution >= 4 is 11.9 Å². The number of hydrogen-bond donors (Lipinski definition) is 1. The van der Waals surface area contributed by atoms with Crippen molar-refractivity contribution in [2.24, 2.45) is 0 Å². The van der Waals surface area contributed by atoms with Crippen LogP contribution in [0.25, 0.3) is 5.82 Å². The van der Waals surface area contributed by atoms with E-state index in [1.165, 1.54) is 12.8 Å². The van der Waals surface area contributed by atoms with Crippen molar-refractivity contribution in [2.75, 3.05) is 30.4 Å². The van der Waals surface area contributed by atoms with Gasteiger partial charge in [-0.3, -0.25) is 0 Å². The Bertz CT molecular complexity index is 891. The van der Waals surface area contributed by atoms with Gasteiger partial charge in [0.15, 0.2) is 5.82 Å². The number of methoxy groups -OCH3 is 1. The Kier molecular flexibility index (Phi) is 5.60. The average Bonchev–Trinajstić information content (AvgIpc) is 3.15. The second kappa shape index (κ2) is 8.64. The van der Waals surface area contributed by atoms with Gasteiger partial charge in [0.25, 0.3) is 0 Å². The Hall–Kier alpha value is -3.23. The molecule has 4 rings (SSSR count). The fourth-order valence-corrected chi connectivity index (χ4v) is 3.21. The first kappa shape index (κ1) is 18.1. The van der Waals surface area contributed by atoms with Gasteiger partial charge in [-0.1, -0.05) is 12.8 Å². The summed E-state index contributed by atoms with van der Waals surface area (Å²) in [5, 5.41) is 7.50. The van der Waals surface area contributed by atoms with E-state index in [1.54, 1.807) is 24.2 Å². The monoisotopic (exact) mass is 380 g/mol. The number of nitrogens with zero attached hydrogens (tertiary/aromatic N) is 7. The SMILES string of the molecule is COc1nc(NCc2ccnc(-n3cccn3)c2)nc(N2CCCCCC2)n1. The molecule has 0 unspecified atom stereocenters.